The molecule has 4 aromatic rings. The Hall–Kier alpha value is -3.55. The van der Waals surface area contributed by atoms with Gasteiger partial charge in [-0.05, 0) is 60.1 Å². The molecule has 1 fully saturated rings. The van der Waals surface area contributed by atoms with Gasteiger partial charge in [0.25, 0.3) is 0 Å². The minimum Gasteiger partial charge on any atom is -0.480 e. The second kappa shape index (κ2) is 9.37. The molecule has 2 aromatic heterocycles. The summed E-state index contributed by atoms with van der Waals surface area (Å²) >= 11 is 0. The van der Waals surface area contributed by atoms with Gasteiger partial charge in [-0.2, -0.15) is 0 Å². The smallest absolute Gasteiger partial charge is 0.323 e. The first kappa shape index (κ1) is 22.3. The molecule has 1 aliphatic rings. The molecule has 1 N–H and O–H groups in total. The molecule has 6 nitrogen and oxygen atoms in total. The number of hydrogen-bond donors (Lipinski definition) is 1. The average Bonchev–Trinajstić information content (AvgIpc) is 3.23. The molecule has 2 aromatic carbocycles. The van der Waals surface area contributed by atoms with Crippen molar-refractivity contribution in [1.29, 1.82) is 0 Å². The summed E-state index contributed by atoms with van der Waals surface area (Å²) in [6, 6.07) is 17.3. The summed E-state index contributed by atoms with van der Waals surface area (Å²) in [7, 11) is 2.11. The fourth-order valence-corrected chi connectivity index (χ4v) is 4.79. The fourth-order valence-electron chi connectivity index (χ4n) is 4.79. The molecule has 34 heavy (non-hydrogen) atoms. The van der Waals surface area contributed by atoms with Crippen molar-refractivity contribution in [1.82, 2.24) is 19.4 Å². The molecule has 1 saturated heterocycles. The summed E-state index contributed by atoms with van der Waals surface area (Å²) < 4.78 is 16.6. The number of rotatable bonds is 6. The molecule has 3 heterocycles. The van der Waals surface area contributed by atoms with E-state index >= 15 is 0 Å². The number of nitrogens with zero attached hydrogens (tertiary/aromatic N) is 4. The topological polar surface area (TPSA) is 61.6 Å². The van der Waals surface area contributed by atoms with E-state index in [1.165, 1.54) is 0 Å². The highest BCUT2D eigenvalue weighted by molar-refractivity contribution is 5.86. The van der Waals surface area contributed by atoms with Crippen molar-refractivity contribution in [3.63, 3.8) is 0 Å². The van der Waals surface area contributed by atoms with E-state index in [2.05, 4.69) is 27.9 Å². The summed E-state index contributed by atoms with van der Waals surface area (Å²) in [5.74, 6) is -1.08. The standard InChI is InChI=1S/C27H27FN4O2/c1-30-11-12-32(26(17-30)22-3-2-9-29-15-22)16-23-14-19(4-6-24(23)28)20-5-7-25-21(13-20)8-10-31(25)18-27(33)34/h2-10,13-15,26H,11-12,16-18H2,1H3,(H,33,34). The van der Waals surface area contributed by atoms with E-state index in [1.807, 2.05) is 42.6 Å². The number of piperazine rings is 1. The predicted molar refractivity (Wildman–Crippen MR) is 130 cm³/mol. The van der Waals surface area contributed by atoms with Crippen molar-refractivity contribution in [2.24, 2.45) is 0 Å². The molecule has 1 atom stereocenters. The molecule has 1 unspecified atom stereocenters. The molecular formula is C27H27FN4O2. The Morgan fingerprint density at radius 3 is 2.74 bits per heavy atom. The van der Waals surface area contributed by atoms with Gasteiger partial charge in [-0.3, -0.25) is 14.7 Å². The Morgan fingerprint density at radius 2 is 1.94 bits per heavy atom. The molecular weight excluding hydrogens is 431 g/mol. The average molecular weight is 459 g/mol. The van der Waals surface area contributed by atoms with E-state index in [1.54, 1.807) is 29.1 Å². The Bertz CT molecular complexity index is 1320. The zero-order chi connectivity index (χ0) is 23.7. The SMILES string of the molecule is CN1CCN(Cc2cc(-c3ccc4c(ccn4CC(=O)O)c3)ccc2F)C(c2cccnc2)C1. The van der Waals surface area contributed by atoms with Crippen molar-refractivity contribution in [3.05, 3.63) is 90.1 Å². The van der Waals surface area contributed by atoms with Gasteiger partial charge in [0.05, 0.1) is 0 Å². The van der Waals surface area contributed by atoms with Gasteiger partial charge in [0.1, 0.15) is 12.4 Å². The summed E-state index contributed by atoms with van der Waals surface area (Å²) in [4.78, 5) is 20.0. The lowest BCUT2D eigenvalue weighted by Gasteiger charge is -2.40. The third kappa shape index (κ3) is 4.58. The van der Waals surface area contributed by atoms with Crippen molar-refractivity contribution < 1.29 is 14.3 Å². The summed E-state index contributed by atoms with van der Waals surface area (Å²) in [5.41, 5.74) is 4.59. The molecule has 0 amide bonds. The van der Waals surface area contributed by atoms with Crippen molar-refractivity contribution in [2.45, 2.75) is 19.1 Å². The van der Waals surface area contributed by atoms with E-state index < -0.39 is 5.97 Å². The van der Waals surface area contributed by atoms with Crippen molar-refractivity contribution in [2.75, 3.05) is 26.7 Å². The van der Waals surface area contributed by atoms with Gasteiger partial charge in [-0.25, -0.2) is 4.39 Å². The number of pyridine rings is 1. The largest absolute Gasteiger partial charge is 0.480 e. The number of aromatic nitrogens is 2. The van der Waals surface area contributed by atoms with E-state index in [0.29, 0.717) is 12.1 Å². The minimum absolute atomic E-state index is 0.0767. The van der Waals surface area contributed by atoms with Crippen LogP contribution >= 0.6 is 0 Å². The number of likely N-dealkylation sites (N-methyl/N-ethyl adjacent to an activating group) is 1. The van der Waals surface area contributed by atoms with Gasteiger partial charge in [0, 0.05) is 67.3 Å². The van der Waals surface area contributed by atoms with Crippen LogP contribution in [-0.4, -0.2) is 57.1 Å². The lowest BCUT2D eigenvalue weighted by Crippen LogP contribution is -2.46. The number of fused-ring (bicyclic) bond motifs is 1. The maximum Gasteiger partial charge on any atom is 0.323 e. The molecule has 0 saturated carbocycles. The van der Waals surface area contributed by atoms with Crippen molar-refractivity contribution >= 4 is 16.9 Å². The third-order valence-corrected chi connectivity index (χ3v) is 6.59. The fraction of sp³-hybridized carbons (Fsp3) is 0.259. The Kier molecular flexibility index (Phi) is 6.13. The lowest BCUT2D eigenvalue weighted by atomic mass is 9.99. The summed E-state index contributed by atoms with van der Waals surface area (Å²) in [5, 5.41) is 10.1. The van der Waals surface area contributed by atoms with Crippen LogP contribution in [0.15, 0.2) is 73.2 Å². The Morgan fingerprint density at radius 1 is 1.12 bits per heavy atom. The van der Waals surface area contributed by atoms with Crippen LogP contribution in [0.3, 0.4) is 0 Å². The van der Waals surface area contributed by atoms with E-state index in [0.717, 1.165) is 47.2 Å². The summed E-state index contributed by atoms with van der Waals surface area (Å²) in [6.07, 6.45) is 5.45. The van der Waals surface area contributed by atoms with E-state index in [-0.39, 0.29) is 18.4 Å². The zero-order valence-electron chi connectivity index (χ0n) is 19.1. The van der Waals surface area contributed by atoms with Gasteiger partial charge in [0.2, 0.25) is 0 Å². The quantitative estimate of drug-likeness (QED) is 0.464. The van der Waals surface area contributed by atoms with Gasteiger partial charge in [0.15, 0.2) is 0 Å². The lowest BCUT2D eigenvalue weighted by molar-refractivity contribution is -0.137. The first-order valence-corrected chi connectivity index (χ1v) is 11.4. The monoisotopic (exact) mass is 458 g/mol. The van der Waals surface area contributed by atoms with Crippen LogP contribution in [-0.2, 0) is 17.9 Å². The highest BCUT2D eigenvalue weighted by Gasteiger charge is 2.27. The number of carboxylic acid groups (broad SMARTS) is 1. The van der Waals surface area contributed by atoms with E-state index in [9.17, 15) is 9.18 Å². The number of aliphatic carboxylic acids is 1. The number of carboxylic acids is 1. The summed E-state index contributed by atoms with van der Waals surface area (Å²) in [6.45, 7) is 3.10. The van der Waals surface area contributed by atoms with Crippen LogP contribution in [0.1, 0.15) is 17.2 Å². The first-order chi connectivity index (χ1) is 16.5. The maximum absolute atomic E-state index is 14.9. The molecule has 7 heteroatoms. The second-order valence-corrected chi connectivity index (χ2v) is 8.95. The van der Waals surface area contributed by atoms with Crippen molar-refractivity contribution in [3.8, 4) is 11.1 Å². The highest BCUT2D eigenvalue weighted by atomic mass is 19.1. The van der Waals surface area contributed by atoms with Gasteiger partial charge >= 0.3 is 5.97 Å². The highest BCUT2D eigenvalue weighted by Crippen LogP contribution is 2.30. The number of halogens is 1. The zero-order valence-corrected chi connectivity index (χ0v) is 19.1. The third-order valence-electron chi connectivity index (χ3n) is 6.59. The van der Waals surface area contributed by atoms with Crippen LogP contribution in [0.2, 0.25) is 0 Å². The molecule has 1 aliphatic heterocycles. The molecule has 0 bridgehead atoms. The number of benzene rings is 2. The normalized spacial score (nSPS) is 17.3. The van der Waals surface area contributed by atoms with Gasteiger partial charge in [-0.15, -0.1) is 0 Å². The molecule has 0 radical (unpaired) electrons. The maximum atomic E-state index is 14.9. The van der Waals surface area contributed by atoms with Crippen LogP contribution in [0.25, 0.3) is 22.0 Å². The van der Waals surface area contributed by atoms with E-state index in [4.69, 9.17) is 5.11 Å². The molecule has 5 rings (SSSR count). The number of hydrogen-bond acceptors (Lipinski definition) is 4. The minimum atomic E-state index is -0.877. The molecule has 0 aliphatic carbocycles. The van der Waals surface area contributed by atoms with Crippen LogP contribution in [0.5, 0.6) is 0 Å². The Balaban J connectivity index is 1.43. The molecule has 174 valence electrons. The van der Waals surface area contributed by atoms with Gasteiger partial charge in [-0.1, -0.05) is 18.2 Å². The number of carbonyl (C=O) groups is 1. The first-order valence-electron chi connectivity index (χ1n) is 11.4. The van der Waals surface area contributed by atoms with Crippen LogP contribution in [0.4, 0.5) is 4.39 Å². The predicted octanol–water partition coefficient (Wildman–Crippen LogP) is 4.42. The van der Waals surface area contributed by atoms with Crippen LogP contribution in [0, 0.1) is 5.82 Å². The Labute approximate surface area is 197 Å². The second-order valence-electron chi connectivity index (χ2n) is 8.95. The van der Waals surface area contributed by atoms with Gasteiger partial charge < -0.3 is 14.6 Å². The van der Waals surface area contributed by atoms with Crippen LogP contribution < -0.4 is 0 Å². The molecule has 0 spiro atoms.